The molecule has 0 aliphatic carbocycles. The maximum absolute atomic E-state index is 14.9. The van der Waals surface area contributed by atoms with Gasteiger partial charge in [0.25, 0.3) is 0 Å². The first-order valence-electron chi connectivity index (χ1n) is 9.78. The highest BCUT2D eigenvalue weighted by atomic mass is 32.1. The predicted molar refractivity (Wildman–Crippen MR) is 111 cm³/mol. The maximum atomic E-state index is 14.9. The Morgan fingerprint density at radius 2 is 1.90 bits per heavy atom. The van der Waals surface area contributed by atoms with Gasteiger partial charge >= 0.3 is 0 Å². The predicted octanol–water partition coefficient (Wildman–Crippen LogP) is 4.35. The van der Waals surface area contributed by atoms with Crippen molar-refractivity contribution in [1.82, 2.24) is 19.5 Å². The molecule has 1 N–H and O–H groups in total. The molecular formula is C22H21FN4OS. The van der Waals surface area contributed by atoms with Crippen LogP contribution in [-0.2, 0) is 19.4 Å². The highest BCUT2D eigenvalue weighted by molar-refractivity contribution is 7.17. The molecule has 4 aromatic rings. The average Bonchev–Trinajstić information content (AvgIpc) is 3.29. The Morgan fingerprint density at radius 1 is 1.14 bits per heavy atom. The van der Waals surface area contributed by atoms with E-state index in [1.807, 2.05) is 19.1 Å². The van der Waals surface area contributed by atoms with E-state index in [9.17, 15) is 9.50 Å². The van der Waals surface area contributed by atoms with Gasteiger partial charge in [-0.15, -0.1) is 5.10 Å². The van der Waals surface area contributed by atoms with E-state index in [0.29, 0.717) is 34.2 Å². The number of hydrogen-bond acceptors (Lipinski definition) is 5. The van der Waals surface area contributed by atoms with Crippen molar-refractivity contribution in [2.45, 2.75) is 32.4 Å². The molecule has 0 fully saturated rings. The van der Waals surface area contributed by atoms with Gasteiger partial charge in [-0.3, -0.25) is 4.90 Å². The van der Waals surface area contributed by atoms with Crippen LogP contribution in [0.3, 0.4) is 0 Å². The Labute approximate surface area is 172 Å². The van der Waals surface area contributed by atoms with Gasteiger partial charge in [0, 0.05) is 25.1 Å². The van der Waals surface area contributed by atoms with E-state index < -0.39 is 6.04 Å². The van der Waals surface area contributed by atoms with Gasteiger partial charge in [0.15, 0.2) is 5.82 Å². The summed E-state index contributed by atoms with van der Waals surface area (Å²) >= 11 is 1.38. The molecule has 5 rings (SSSR count). The van der Waals surface area contributed by atoms with Crippen LogP contribution in [0.1, 0.15) is 40.4 Å². The summed E-state index contributed by atoms with van der Waals surface area (Å²) in [5.74, 6) is 0.459. The Bertz CT molecular complexity index is 1180. The van der Waals surface area contributed by atoms with Crippen LogP contribution in [0.15, 0.2) is 48.5 Å². The standard InChI is InChI=1S/C22H21FN4OS/c1-2-18-24-22-27(25-18)21(28)20(29-22)19(16-9-5-6-10-17(16)23)26-12-11-14-7-3-4-8-15(14)13-26/h3-10,19,28H,2,11-13H2,1H3/t19-/m1/s1. The molecule has 0 bridgehead atoms. The fraction of sp³-hybridized carbons (Fsp3) is 0.273. The normalized spacial score (nSPS) is 15.5. The SMILES string of the molecule is CCc1nc2sc([C@@H](c3ccccc3F)N3CCc4ccccc4C3)c(O)n2n1. The summed E-state index contributed by atoms with van der Waals surface area (Å²) in [5, 5.41) is 15.4. The molecule has 0 spiro atoms. The molecule has 0 unspecified atom stereocenters. The minimum absolute atomic E-state index is 0.0457. The van der Waals surface area contributed by atoms with E-state index >= 15 is 0 Å². The number of hydrogen-bond donors (Lipinski definition) is 1. The summed E-state index contributed by atoms with van der Waals surface area (Å²) in [5.41, 5.74) is 3.13. The molecule has 3 heterocycles. The highest BCUT2D eigenvalue weighted by Crippen LogP contribution is 2.42. The monoisotopic (exact) mass is 408 g/mol. The van der Waals surface area contributed by atoms with Gasteiger partial charge in [-0.2, -0.15) is 4.52 Å². The molecule has 2 aromatic carbocycles. The Morgan fingerprint density at radius 3 is 2.66 bits per heavy atom. The topological polar surface area (TPSA) is 53.7 Å². The van der Waals surface area contributed by atoms with Crippen LogP contribution >= 0.6 is 11.3 Å². The van der Waals surface area contributed by atoms with Crippen LogP contribution < -0.4 is 0 Å². The number of nitrogens with zero attached hydrogens (tertiary/aromatic N) is 4. The fourth-order valence-electron chi connectivity index (χ4n) is 4.06. The smallest absolute Gasteiger partial charge is 0.230 e. The number of rotatable bonds is 4. The molecule has 0 saturated carbocycles. The van der Waals surface area contributed by atoms with Crippen molar-refractivity contribution in [3.05, 3.63) is 81.7 Å². The first-order valence-corrected chi connectivity index (χ1v) is 10.6. The lowest BCUT2D eigenvalue weighted by molar-refractivity contribution is 0.202. The molecule has 148 valence electrons. The van der Waals surface area contributed by atoms with Crippen molar-refractivity contribution in [3.63, 3.8) is 0 Å². The van der Waals surface area contributed by atoms with Crippen molar-refractivity contribution in [3.8, 4) is 5.88 Å². The second-order valence-electron chi connectivity index (χ2n) is 7.28. The van der Waals surface area contributed by atoms with Crippen LogP contribution in [-0.4, -0.2) is 31.1 Å². The zero-order chi connectivity index (χ0) is 20.0. The lowest BCUT2D eigenvalue weighted by Gasteiger charge is -2.35. The van der Waals surface area contributed by atoms with Crippen LogP contribution in [0, 0.1) is 5.82 Å². The van der Waals surface area contributed by atoms with Crippen molar-refractivity contribution in [2.24, 2.45) is 0 Å². The van der Waals surface area contributed by atoms with Crippen molar-refractivity contribution in [2.75, 3.05) is 6.54 Å². The third-order valence-corrected chi connectivity index (χ3v) is 6.61. The Balaban J connectivity index is 1.63. The first kappa shape index (κ1) is 18.3. The molecule has 0 saturated heterocycles. The summed E-state index contributed by atoms with van der Waals surface area (Å²) in [6.07, 6.45) is 1.59. The number of halogens is 1. The molecule has 1 aliphatic heterocycles. The maximum Gasteiger partial charge on any atom is 0.230 e. The van der Waals surface area contributed by atoms with Crippen molar-refractivity contribution < 1.29 is 9.50 Å². The van der Waals surface area contributed by atoms with Crippen molar-refractivity contribution in [1.29, 1.82) is 0 Å². The molecule has 29 heavy (non-hydrogen) atoms. The number of thiazole rings is 1. The van der Waals surface area contributed by atoms with Gasteiger partial charge in [-0.05, 0) is 23.6 Å². The van der Waals surface area contributed by atoms with Crippen LogP contribution in [0.2, 0.25) is 0 Å². The quantitative estimate of drug-likeness (QED) is 0.546. The van der Waals surface area contributed by atoms with Gasteiger partial charge in [-0.25, -0.2) is 9.37 Å². The van der Waals surface area contributed by atoms with Crippen LogP contribution in [0.25, 0.3) is 4.96 Å². The second-order valence-corrected chi connectivity index (χ2v) is 8.29. The fourth-order valence-corrected chi connectivity index (χ4v) is 5.18. The van der Waals surface area contributed by atoms with E-state index in [1.54, 1.807) is 12.1 Å². The third kappa shape index (κ3) is 3.10. The summed E-state index contributed by atoms with van der Waals surface area (Å²) < 4.78 is 16.3. The molecule has 1 atom stereocenters. The van der Waals surface area contributed by atoms with Gasteiger partial charge in [0.05, 0.1) is 10.9 Å². The molecule has 1 aliphatic rings. The molecule has 5 nitrogen and oxygen atoms in total. The van der Waals surface area contributed by atoms with Crippen molar-refractivity contribution >= 4 is 16.3 Å². The number of aryl methyl sites for hydroxylation is 1. The number of aromatic hydroxyl groups is 1. The van der Waals surface area contributed by atoms with E-state index in [1.165, 1.54) is 33.0 Å². The van der Waals surface area contributed by atoms with Crippen LogP contribution in [0.5, 0.6) is 5.88 Å². The van der Waals surface area contributed by atoms with Gasteiger partial charge in [-0.1, -0.05) is 60.7 Å². The molecule has 0 amide bonds. The summed E-state index contributed by atoms with van der Waals surface area (Å²) in [4.78, 5) is 8.02. The largest absolute Gasteiger partial charge is 0.492 e. The van der Waals surface area contributed by atoms with Gasteiger partial charge < -0.3 is 5.11 Å². The van der Waals surface area contributed by atoms with E-state index in [4.69, 9.17) is 0 Å². The third-order valence-electron chi connectivity index (χ3n) is 5.53. The lowest BCUT2D eigenvalue weighted by Crippen LogP contribution is -2.35. The summed E-state index contributed by atoms with van der Waals surface area (Å²) in [6, 6.07) is 14.8. The molecule has 2 aromatic heterocycles. The highest BCUT2D eigenvalue weighted by Gasteiger charge is 2.33. The van der Waals surface area contributed by atoms with E-state index in [2.05, 4.69) is 33.2 Å². The van der Waals surface area contributed by atoms with E-state index in [0.717, 1.165) is 13.0 Å². The zero-order valence-electron chi connectivity index (χ0n) is 16.0. The minimum Gasteiger partial charge on any atom is -0.492 e. The second kappa shape index (κ2) is 7.24. The number of aromatic nitrogens is 3. The number of benzene rings is 2. The summed E-state index contributed by atoms with van der Waals surface area (Å²) in [6.45, 7) is 3.45. The van der Waals surface area contributed by atoms with E-state index in [-0.39, 0.29) is 11.7 Å². The van der Waals surface area contributed by atoms with Gasteiger partial charge in [0.2, 0.25) is 10.8 Å². The zero-order valence-corrected chi connectivity index (χ0v) is 16.9. The van der Waals surface area contributed by atoms with Crippen LogP contribution in [0.4, 0.5) is 4.39 Å². The number of fused-ring (bicyclic) bond motifs is 2. The molecule has 7 heteroatoms. The molecular weight excluding hydrogens is 387 g/mol. The molecule has 0 radical (unpaired) electrons. The average molecular weight is 409 g/mol. The minimum atomic E-state index is -0.400. The Kier molecular flexibility index (Phi) is 4.56. The lowest BCUT2D eigenvalue weighted by atomic mass is 9.95. The first-order chi connectivity index (χ1) is 14.2. The summed E-state index contributed by atoms with van der Waals surface area (Å²) in [7, 11) is 0. The Hall–Kier alpha value is -2.77. The van der Waals surface area contributed by atoms with Gasteiger partial charge in [0.1, 0.15) is 5.82 Å².